The van der Waals surface area contributed by atoms with Gasteiger partial charge in [-0.3, -0.25) is 14.9 Å². The van der Waals surface area contributed by atoms with Crippen LogP contribution in [0.15, 0.2) is 12.1 Å². The summed E-state index contributed by atoms with van der Waals surface area (Å²) < 4.78 is 10.3. The maximum absolute atomic E-state index is 12.6. The summed E-state index contributed by atoms with van der Waals surface area (Å²) in [5.41, 5.74) is 1.29. The van der Waals surface area contributed by atoms with Crippen LogP contribution in [0.2, 0.25) is 0 Å². The van der Waals surface area contributed by atoms with Gasteiger partial charge < -0.3 is 14.8 Å². The van der Waals surface area contributed by atoms with E-state index in [4.69, 9.17) is 9.47 Å². The molecule has 2 heterocycles. The summed E-state index contributed by atoms with van der Waals surface area (Å²) in [4.78, 5) is 48.5. The van der Waals surface area contributed by atoms with E-state index in [2.05, 4.69) is 5.32 Å². The van der Waals surface area contributed by atoms with Gasteiger partial charge in [0.1, 0.15) is 9.88 Å². The van der Waals surface area contributed by atoms with E-state index in [1.165, 1.54) is 30.4 Å². The third-order valence-electron chi connectivity index (χ3n) is 4.51. The van der Waals surface area contributed by atoms with Crippen molar-refractivity contribution >= 4 is 50.5 Å². The zero-order valence-corrected chi connectivity index (χ0v) is 18.0. The number of amides is 1. The summed E-state index contributed by atoms with van der Waals surface area (Å²) in [6.45, 7) is 3.33. The first-order valence-corrected chi connectivity index (χ1v) is 11.0. The van der Waals surface area contributed by atoms with Gasteiger partial charge in [0.15, 0.2) is 6.10 Å². The van der Waals surface area contributed by atoms with E-state index in [1.54, 1.807) is 6.92 Å². The molecule has 9 nitrogen and oxygen atoms in total. The van der Waals surface area contributed by atoms with Crippen molar-refractivity contribution in [1.29, 1.82) is 0 Å². The number of nitrogens with zero attached hydrogens (tertiary/aromatic N) is 1. The molecule has 30 heavy (non-hydrogen) atoms. The minimum atomic E-state index is -1.16. The van der Waals surface area contributed by atoms with Crippen LogP contribution in [-0.4, -0.2) is 35.5 Å². The number of hydrogen-bond donors (Lipinski definition) is 1. The lowest BCUT2D eigenvalue weighted by molar-refractivity contribution is -0.380. The third-order valence-corrected chi connectivity index (χ3v) is 6.74. The Kier molecular flexibility index (Phi) is 6.83. The highest BCUT2D eigenvalue weighted by atomic mass is 32.1. The first-order valence-electron chi connectivity index (χ1n) is 9.39. The first kappa shape index (κ1) is 21.9. The van der Waals surface area contributed by atoms with Crippen LogP contribution in [0.25, 0.3) is 0 Å². The van der Waals surface area contributed by atoms with Gasteiger partial charge in [-0.05, 0) is 51.2 Å². The van der Waals surface area contributed by atoms with Crippen LogP contribution >= 0.6 is 22.7 Å². The largest absolute Gasteiger partial charge is 0.462 e. The van der Waals surface area contributed by atoms with E-state index >= 15 is 0 Å². The molecule has 11 heteroatoms. The van der Waals surface area contributed by atoms with E-state index in [0.717, 1.165) is 36.1 Å². The molecule has 1 N–H and O–H groups in total. The molecule has 1 aliphatic carbocycles. The number of hydrogen-bond acceptors (Lipinski definition) is 9. The van der Waals surface area contributed by atoms with Crippen molar-refractivity contribution in [3.63, 3.8) is 0 Å². The predicted octanol–water partition coefficient (Wildman–Crippen LogP) is 3.96. The fraction of sp³-hybridized carbons (Fsp3) is 0.421. The Balaban J connectivity index is 1.73. The van der Waals surface area contributed by atoms with Crippen LogP contribution in [0.4, 0.5) is 10.0 Å². The Morgan fingerprint density at radius 1 is 1.20 bits per heavy atom. The normalized spacial score (nSPS) is 13.8. The van der Waals surface area contributed by atoms with E-state index < -0.39 is 28.9 Å². The molecule has 0 fully saturated rings. The highest BCUT2D eigenvalue weighted by Crippen LogP contribution is 2.38. The van der Waals surface area contributed by atoms with E-state index in [-0.39, 0.29) is 16.5 Å². The number of nitrogens with one attached hydrogen (secondary N) is 1. The number of thiophene rings is 2. The summed E-state index contributed by atoms with van der Waals surface area (Å²) >= 11 is 2.01. The maximum Gasteiger partial charge on any atom is 0.349 e. The molecule has 1 aliphatic rings. The van der Waals surface area contributed by atoms with Gasteiger partial charge in [-0.25, -0.2) is 9.59 Å². The van der Waals surface area contributed by atoms with Crippen LogP contribution < -0.4 is 5.32 Å². The second-order valence-corrected chi connectivity index (χ2v) is 8.73. The van der Waals surface area contributed by atoms with Crippen molar-refractivity contribution in [2.75, 3.05) is 11.9 Å². The predicted molar refractivity (Wildman–Crippen MR) is 111 cm³/mol. The number of fused-ring (bicyclic) bond motifs is 1. The lowest BCUT2D eigenvalue weighted by Gasteiger charge is -2.14. The van der Waals surface area contributed by atoms with Gasteiger partial charge in [-0.1, -0.05) is 11.3 Å². The van der Waals surface area contributed by atoms with Gasteiger partial charge in [0.25, 0.3) is 5.91 Å². The van der Waals surface area contributed by atoms with Gasteiger partial charge >= 0.3 is 16.9 Å². The number of nitro groups is 1. The molecular weight excluding hydrogens is 432 g/mol. The molecule has 160 valence electrons. The number of esters is 2. The number of carbonyl (C=O) groups excluding carboxylic acids is 3. The second-order valence-electron chi connectivity index (χ2n) is 6.57. The molecule has 0 spiro atoms. The number of ether oxygens (including phenoxy) is 2. The van der Waals surface area contributed by atoms with Crippen molar-refractivity contribution in [3.8, 4) is 0 Å². The van der Waals surface area contributed by atoms with Gasteiger partial charge in [0.2, 0.25) is 0 Å². The number of anilines is 1. The molecule has 0 radical (unpaired) electrons. The van der Waals surface area contributed by atoms with E-state index in [1.807, 2.05) is 0 Å². The molecule has 1 atom stereocenters. The number of rotatable bonds is 7. The van der Waals surface area contributed by atoms with Crippen LogP contribution in [0.1, 0.15) is 57.2 Å². The molecule has 0 bridgehead atoms. The summed E-state index contributed by atoms with van der Waals surface area (Å²) in [5, 5.41) is 13.6. The summed E-state index contributed by atoms with van der Waals surface area (Å²) in [5.74, 6) is -1.91. The van der Waals surface area contributed by atoms with E-state index in [0.29, 0.717) is 21.9 Å². The molecule has 0 aliphatic heterocycles. The van der Waals surface area contributed by atoms with Crippen molar-refractivity contribution in [2.24, 2.45) is 0 Å². The minimum absolute atomic E-state index is 0.0279. The van der Waals surface area contributed by atoms with E-state index in [9.17, 15) is 24.5 Å². The lowest BCUT2D eigenvalue weighted by Crippen LogP contribution is -2.30. The summed E-state index contributed by atoms with van der Waals surface area (Å²) in [6.07, 6.45) is 2.41. The summed E-state index contributed by atoms with van der Waals surface area (Å²) in [7, 11) is 0. The molecule has 0 aromatic carbocycles. The van der Waals surface area contributed by atoms with Gasteiger partial charge in [0, 0.05) is 10.9 Å². The molecule has 0 unspecified atom stereocenters. The smallest absolute Gasteiger partial charge is 0.349 e. The quantitative estimate of drug-likeness (QED) is 0.383. The fourth-order valence-electron chi connectivity index (χ4n) is 3.09. The van der Waals surface area contributed by atoms with Crippen molar-refractivity contribution in [2.45, 2.75) is 45.6 Å². The zero-order chi connectivity index (χ0) is 21.8. The average molecular weight is 453 g/mol. The van der Waals surface area contributed by atoms with Gasteiger partial charge in [0.05, 0.1) is 17.1 Å². The Labute approximate surface area is 180 Å². The Morgan fingerprint density at radius 2 is 1.93 bits per heavy atom. The molecule has 2 aromatic rings. The highest BCUT2D eigenvalue weighted by molar-refractivity contribution is 7.17. The second kappa shape index (κ2) is 9.35. The molecule has 1 amide bonds. The Bertz CT molecular complexity index is 995. The maximum atomic E-state index is 12.6. The number of carbonyl (C=O) groups is 3. The van der Waals surface area contributed by atoms with Crippen LogP contribution in [-0.2, 0) is 27.1 Å². The van der Waals surface area contributed by atoms with Gasteiger partial charge in [-0.2, -0.15) is 0 Å². The fourth-order valence-corrected chi connectivity index (χ4v) is 5.08. The third kappa shape index (κ3) is 4.68. The minimum Gasteiger partial charge on any atom is -0.462 e. The van der Waals surface area contributed by atoms with Crippen LogP contribution in [0, 0.1) is 10.1 Å². The SMILES string of the molecule is CCOC(=O)c1c(NC(=O)[C@H](C)OC(=O)c2ccc([N+](=O)[O-])s2)sc2c1CCCC2. The highest BCUT2D eigenvalue weighted by Gasteiger charge is 2.29. The van der Waals surface area contributed by atoms with Crippen molar-refractivity contribution in [1.82, 2.24) is 0 Å². The lowest BCUT2D eigenvalue weighted by atomic mass is 9.95. The van der Waals surface area contributed by atoms with Crippen molar-refractivity contribution < 1.29 is 28.8 Å². The molecule has 0 saturated carbocycles. The molecule has 0 saturated heterocycles. The Hall–Kier alpha value is -2.79. The first-order chi connectivity index (χ1) is 14.3. The van der Waals surface area contributed by atoms with Crippen LogP contribution in [0.3, 0.4) is 0 Å². The zero-order valence-electron chi connectivity index (χ0n) is 16.4. The number of aryl methyl sites for hydroxylation is 1. The van der Waals surface area contributed by atoms with Crippen LogP contribution in [0.5, 0.6) is 0 Å². The topological polar surface area (TPSA) is 125 Å². The molecule has 2 aromatic heterocycles. The summed E-state index contributed by atoms with van der Waals surface area (Å²) in [6, 6.07) is 2.48. The molecule has 3 rings (SSSR count). The Morgan fingerprint density at radius 3 is 2.60 bits per heavy atom. The van der Waals surface area contributed by atoms with Crippen molar-refractivity contribution in [3.05, 3.63) is 43.1 Å². The van der Waals surface area contributed by atoms with Gasteiger partial charge in [-0.15, -0.1) is 11.3 Å². The standard InChI is InChI=1S/C19H20N2O7S2/c1-3-27-19(24)15-11-6-4-5-7-12(11)30-17(15)20-16(22)10(2)28-18(23)13-8-9-14(29-13)21(25)26/h8-10H,3-7H2,1-2H3,(H,20,22)/t10-/m0/s1. The monoisotopic (exact) mass is 452 g/mol. The average Bonchev–Trinajstić information content (AvgIpc) is 3.33. The molecular formula is C19H20N2O7S2.